The number of hydrogen-bond acceptors (Lipinski definition) is 2. The molecule has 0 aromatic rings. The Morgan fingerprint density at radius 2 is 1.04 bits per heavy atom. The van der Waals surface area contributed by atoms with E-state index in [0.717, 1.165) is 13.0 Å². The third-order valence-corrected chi connectivity index (χ3v) is 6.62. The second-order valence-electron chi connectivity index (χ2n) is 9.27. The van der Waals surface area contributed by atoms with Crippen LogP contribution < -0.4 is 5.73 Å². The first kappa shape index (κ1) is 26.6. The van der Waals surface area contributed by atoms with Crippen LogP contribution in [0.15, 0.2) is 0 Å². The van der Waals surface area contributed by atoms with E-state index >= 15 is 0 Å². The maximum Gasteiger partial charge on any atom is 0.208 e. The third kappa shape index (κ3) is 11.9. The number of carbonyl (C=O) groups excluding carboxylic acids is 1. The van der Waals surface area contributed by atoms with Gasteiger partial charge in [0.25, 0.3) is 0 Å². The Morgan fingerprint density at radius 3 is 1.37 bits per heavy atom. The highest BCUT2D eigenvalue weighted by Gasteiger charge is 2.42. The predicted molar refractivity (Wildman–Crippen MR) is 120 cm³/mol. The molecule has 0 aliphatic heterocycles. The first-order valence-corrected chi connectivity index (χ1v) is 11.9. The van der Waals surface area contributed by atoms with E-state index in [1.165, 1.54) is 89.9 Å². The van der Waals surface area contributed by atoms with Crippen molar-refractivity contribution in [2.24, 2.45) is 5.73 Å². The highest BCUT2D eigenvalue weighted by atomic mass is 16.1. The van der Waals surface area contributed by atoms with Gasteiger partial charge >= 0.3 is 0 Å². The summed E-state index contributed by atoms with van der Waals surface area (Å²) in [4.78, 5) is 12.5. The fourth-order valence-electron chi connectivity index (χ4n) is 3.58. The lowest BCUT2D eigenvalue weighted by Gasteiger charge is -2.42. The van der Waals surface area contributed by atoms with E-state index in [2.05, 4.69) is 13.8 Å². The van der Waals surface area contributed by atoms with Gasteiger partial charge in [0.1, 0.15) is 0 Å². The molecule has 0 amide bonds. The van der Waals surface area contributed by atoms with E-state index < -0.39 is 5.66 Å². The molecule has 0 spiro atoms. The van der Waals surface area contributed by atoms with E-state index in [1.807, 2.05) is 21.0 Å². The van der Waals surface area contributed by atoms with Gasteiger partial charge in [0, 0.05) is 13.3 Å². The first-order valence-electron chi connectivity index (χ1n) is 11.9. The molecule has 3 heteroatoms. The molecule has 1 unspecified atom stereocenters. The van der Waals surface area contributed by atoms with Crippen LogP contribution in [-0.4, -0.2) is 36.6 Å². The van der Waals surface area contributed by atoms with E-state index in [4.69, 9.17) is 5.73 Å². The van der Waals surface area contributed by atoms with Crippen LogP contribution >= 0.6 is 0 Å². The van der Waals surface area contributed by atoms with Crippen molar-refractivity contribution in [1.82, 2.24) is 0 Å². The molecule has 0 saturated carbocycles. The van der Waals surface area contributed by atoms with Crippen molar-refractivity contribution in [2.75, 3.05) is 20.6 Å². The Hall–Kier alpha value is -0.410. The normalized spacial score (nSPS) is 14.3. The molecule has 0 aromatic heterocycles. The Bertz CT molecular complexity index is 363. The predicted octanol–water partition coefficient (Wildman–Crippen LogP) is 6.59. The number of Topliss-reactive ketones (excluding diaryl/α,β-unsaturated/α-hetero) is 1. The molecule has 0 fully saturated rings. The number of carbonyl (C=O) groups is 1. The number of ketones is 1. The molecule has 0 rings (SSSR count). The van der Waals surface area contributed by atoms with Crippen molar-refractivity contribution in [3.05, 3.63) is 0 Å². The van der Waals surface area contributed by atoms with Crippen molar-refractivity contribution in [3.63, 3.8) is 0 Å². The molecule has 0 radical (unpaired) electrons. The van der Waals surface area contributed by atoms with Crippen LogP contribution in [0, 0.1) is 0 Å². The highest BCUT2D eigenvalue weighted by Crippen LogP contribution is 2.19. The van der Waals surface area contributed by atoms with Crippen LogP contribution in [0.4, 0.5) is 0 Å². The fourth-order valence-corrected chi connectivity index (χ4v) is 3.58. The van der Waals surface area contributed by atoms with Crippen LogP contribution in [0.1, 0.15) is 124 Å². The van der Waals surface area contributed by atoms with Gasteiger partial charge in [-0.2, -0.15) is 0 Å². The average molecular weight is 384 g/mol. The monoisotopic (exact) mass is 383 g/mol. The number of rotatable bonds is 19. The molecule has 0 bridgehead atoms. The summed E-state index contributed by atoms with van der Waals surface area (Å²) in [5, 5.41) is 0. The summed E-state index contributed by atoms with van der Waals surface area (Å²) in [6.45, 7) is 7.14. The number of nitrogens with zero attached hydrogens (tertiary/aromatic N) is 1. The topological polar surface area (TPSA) is 43.1 Å². The molecule has 1 atom stereocenters. The summed E-state index contributed by atoms with van der Waals surface area (Å²) in [6.07, 6.45) is 20.9. The van der Waals surface area contributed by atoms with Crippen molar-refractivity contribution < 1.29 is 9.28 Å². The van der Waals surface area contributed by atoms with Crippen molar-refractivity contribution in [2.45, 2.75) is 129 Å². The second kappa shape index (κ2) is 15.5. The molecule has 162 valence electrons. The van der Waals surface area contributed by atoms with E-state index in [0.29, 0.717) is 10.9 Å². The van der Waals surface area contributed by atoms with Gasteiger partial charge in [0.2, 0.25) is 11.4 Å². The lowest BCUT2D eigenvalue weighted by atomic mass is 9.97. The smallest absolute Gasteiger partial charge is 0.208 e. The molecule has 0 heterocycles. The zero-order chi connectivity index (χ0) is 20.6. The molecule has 0 aliphatic rings. The van der Waals surface area contributed by atoms with Crippen molar-refractivity contribution in [1.29, 1.82) is 0 Å². The van der Waals surface area contributed by atoms with Gasteiger partial charge < -0.3 is 4.48 Å². The number of quaternary nitrogens is 1. The van der Waals surface area contributed by atoms with Crippen LogP contribution in [0.2, 0.25) is 0 Å². The van der Waals surface area contributed by atoms with Gasteiger partial charge in [-0.05, 0) is 13.3 Å². The Morgan fingerprint density at radius 1 is 0.704 bits per heavy atom. The molecule has 0 saturated heterocycles. The van der Waals surface area contributed by atoms with Crippen molar-refractivity contribution >= 4 is 5.78 Å². The number of unbranched alkanes of at least 4 members (excludes halogenated alkanes) is 14. The summed E-state index contributed by atoms with van der Waals surface area (Å²) in [5.41, 5.74) is 5.57. The summed E-state index contributed by atoms with van der Waals surface area (Å²) in [5.74, 6) is 0.212. The van der Waals surface area contributed by atoms with Crippen LogP contribution in [0.5, 0.6) is 0 Å². The molecule has 2 N–H and O–H groups in total. The van der Waals surface area contributed by atoms with Gasteiger partial charge in [-0.1, -0.05) is 96.8 Å². The lowest BCUT2D eigenvalue weighted by Crippen LogP contribution is -2.67. The number of likely N-dealkylation sites (N-methyl/N-ethyl adjacent to an activating group) is 1. The number of hydrogen-bond donors (Lipinski definition) is 1. The number of nitrogens with two attached hydrogens (primary N) is 1. The van der Waals surface area contributed by atoms with Crippen LogP contribution in [0.3, 0.4) is 0 Å². The van der Waals surface area contributed by atoms with Crippen LogP contribution in [0.25, 0.3) is 0 Å². The summed E-state index contributed by atoms with van der Waals surface area (Å²) < 4.78 is 0.560. The van der Waals surface area contributed by atoms with Gasteiger partial charge in [0.05, 0.1) is 20.6 Å². The average Bonchev–Trinajstić information content (AvgIpc) is 2.64. The summed E-state index contributed by atoms with van der Waals surface area (Å²) >= 11 is 0. The largest absolute Gasteiger partial charge is 0.305 e. The van der Waals surface area contributed by atoms with E-state index in [-0.39, 0.29) is 5.78 Å². The molecule has 3 nitrogen and oxygen atoms in total. The van der Waals surface area contributed by atoms with Gasteiger partial charge in [-0.15, -0.1) is 0 Å². The van der Waals surface area contributed by atoms with Crippen molar-refractivity contribution in [3.8, 4) is 0 Å². The summed E-state index contributed by atoms with van der Waals surface area (Å²) in [7, 11) is 4.09. The highest BCUT2D eigenvalue weighted by molar-refractivity contribution is 5.86. The van der Waals surface area contributed by atoms with Gasteiger partial charge in [-0.3, -0.25) is 10.5 Å². The first-order chi connectivity index (χ1) is 12.8. The second-order valence-corrected chi connectivity index (χ2v) is 9.27. The quantitative estimate of drug-likeness (QED) is 0.155. The van der Waals surface area contributed by atoms with Gasteiger partial charge in [0.15, 0.2) is 0 Å². The van der Waals surface area contributed by atoms with Gasteiger partial charge in [-0.25, -0.2) is 0 Å². The zero-order valence-corrected chi connectivity index (χ0v) is 19.5. The maximum absolute atomic E-state index is 12.5. The molecular weight excluding hydrogens is 332 g/mol. The molecule has 0 aliphatic carbocycles. The lowest BCUT2D eigenvalue weighted by molar-refractivity contribution is -0.927. The fraction of sp³-hybridized carbons (Fsp3) is 0.958. The molecule has 0 aromatic carbocycles. The Balaban J connectivity index is 3.47. The zero-order valence-electron chi connectivity index (χ0n) is 19.5. The third-order valence-electron chi connectivity index (χ3n) is 6.62. The maximum atomic E-state index is 12.5. The van der Waals surface area contributed by atoms with Crippen LogP contribution in [-0.2, 0) is 4.79 Å². The molecule has 27 heavy (non-hydrogen) atoms. The Labute approximate surface area is 171 Å². The minimum absolute atomic E-state index is 0.212. The summed E-state index contributed by atoms with van der Waals surface area (Å²) in [6, 6.07) is 0. The SMILES string of the molecule is CCCCCCCCCCCCCCCCCC(=O)C(C)(N)[N+](C)(C)CC. The van der Waals surface area contributed by atoms with E-state index in [9.17, 15) is 4.79 Å². The minimum Gasteiger partial charge on any atom is -0.305 e. The minimum atomic E-state index is -0.759. The Kier molecular flexibility index (Phi) is 15.3. The standard InChI is InChI=1S/C24H51N2O/c1-6-8-9-10-11-12-13-14-15-16-17-18-19-20-21-22-23(27)24(3,25)26(4,5)7-2/h6-22,25H2,1-5H3/q+1. The van der Waals surface area contributed by atoms with E-state index in [1.54, 1.807) is 0 Å². The molecular formula is C24H51N2O+.